The second-order valence-corrected chi connectivity index (χ2v) is 7.75. The molecule has 2 aromatic rings. The normalized spacial score (nSPS) is 14.0. The molecule has 0 amide bonds. The first-order valence-corrected chi connectivity index (χ1v) is 9.35. The minimum absolute atomic E-state index is 0.279. The molecule has 0 radical (unpaired) electrons. The third-order valence-electron chi connectivity index (χ3n) is 3.56. The van der Waals surface area contributed by atoms with Gasteiger partial charge in [0.05, 0.1) is 0 Å². The molecular formula is C17H18Br3N. The molecular weight excluding hydrogens is 458 g/mol. The first-order chi connectivity index (χ1) is 10.0. The van der Waals surface area contributed by atoms with Crippen LogP contribution < -0.4 is 5.32 Å². The molecule has 0 saturated carbocycles. The topological polar surface area (TPSA) is 12.0 Å². The Balaban J connectivity index is 2.15. The van der Waals surface area contributed by atoms with Gasteiger partial charge in [0.25, 0.3) is 0 Å². The van der Waals surface area contributed by atoms with Crippen LogP contribution >= 0.6 is 47.8 Å². The molecule has 0 heterocycles. The second kappa shape index (κ2) is 7.91. The Labute approximate surface area is 151 Å². The van der Waals surface area contributed by atoms with E-state index in [-0.39, 0.29) is 6.04 Å². The predicted octanol–water partition coefficient (Wildman–Crippen LogP) is 6.78. The number of rotatable bonds is 5. The van der Waals surface area contributed by atoms with E-state index in [9.17, 15) is 0 Å². The quantitative estimate of drug-likeness (QED) is 0.502. The minimum atomic E-state index is 0.279. The molecule has 2 rings (SSSR count). The van der Waals surface area contributed by atoms with E-state index in [0.717, 1.165) is 19.8 Å². The first kappa shape index (κ1) is 17.2. The third kappa shape index (κ3) is 4.65. The highest BCUT2D eigenvalue weighted by Gasteiger charge is 2.15. The maximum atomic E-state index is 3.72. The van der Waals surface area contributed by atoms with E-state index in [1.807, 2.05) is 0 Å². The third-order valence-corrected chi connectivity index (χ3v) is 5.27. The van der Waals surface area contributed by atoms with Crippen molar-refractivity contribution in [2.45, 2.75) is 32.4 Å². The van der Waals surface area contributed by atoms with Gasteiger partial charge in [0, 0.05) is 25.5 Å². The Hall–Kier alpha value is -0.160. The lowest BCUT2D eigenvalue weighted by Crippen LogP contribution is -2.24. The van der Waals surface area contributed by atoms with Crippen LogP contribution in [0.15, 0.2) is 55.9 Å². The maximum absolute atomic E-state index is 3.72. The van der Waals surface area contributed by atoms with Gasteiger partial charge >= 0.3 is 0 Å². The lowest BCUT2D eigenvalue weighted by atomic mass is 10.0. The molecule has 0 aliphatic rings. The van der Waals surface area contributed by atoms with Gasteiger partial charge in [-0.1, -0.05) is 72.9 Å². The minimum Gasteiger partial charge on any atom is -0.303 e. The van der Waals surface area contributed by atoms with Crippen molar-refractivity contribution in [2.75, 3.05) is 0 Å². The molecule has 2 atom stereocenters. The molecule has 21 heavy (non-hydrogen) atoms. The zero-order valence-corrected chi connectivity index (χ0v) is 16.8. The summed E-state index contributed by atoms with van der Waals surface area (Å²) < 4.78 is 3.33. The molecule has 0 saturated heterocycles. The number of hydrogen-bond donors (Lipinski definition) is 1. The van der Waals surface area contributed by atoms with Gasteiger partial charge in [0.1, 0.15) is 0 Å². The van der Waals surface area contributed by atoms with E-state index in [0.29, 0.717) is 6.04 Å². The Morgan fingerprint density at radius 2 is 1.57 bits per heavy atom. The summed E-state index contributed by atoms with van der Waals surface area (Å²) in [5.74, 6) is 0. The van der Waals surface area contributed by atoms with Gasteiger partial charge in [0.15, 0.2) is 0 Å². The zero-order chi connectivity index (χ0) is 15.4. The van der Waals surface area contributed by atoms with E-state index in [4.69, 9.17) is 0 Å². The van der Waals surface area contributed by atoms with Crippen LogP contribution in [0.2, 0.25) is 0 Å². The Kier molecular flexibility index (Phi) is 6.48. The van der Waals surface area contributed by atoms with Crippen molar-refractivity contribution in [2.24, 2.45) is 0 Å². The summed E-state index contributed by atoms with van der Waals surface area (Å²) in [6.07, 6.45) is 1.06. The molecule has 0 fully saturated rings. The van der Waals surface area contributed by atoms with Crippen LogP contribution in [-0.2, 0) is 0 Å². The van der Waals surface area contributed by atoms with Gasteiger partial charge < -0.3 is 5.32 Å². The molecule has 1 nitrogen and oxygen atoms in total. The fourth-order valence-electron chi connectivity index (χ4n) is 2.39. The summed E-state index contributed by atoms with van der Waals surface area (Å²) in [5, 5.41) is 3.72. The van der Waals surface area contributed by atoms with Crippen molar-refractivity contribution in [3.63, 3.8) is 0 Å². The van der Waals surface area contributed by atoms with Crippen LogP contribution in [0.5, 0.6) is 0 Å². The molecule has 0 aliphatic heterocycles. The summed E-state index contributed by atoms with van der Waals surface area (Å²) in [5.41, 5.74) is 2.59. The van der Waals surface area contributed by atoms with Crippen molar-refractivity contribution in [3.8, 4) is 0 Å². The van der Waals surface area contributed by atoms with E-state index in [2.05, 4.69) is 109 Å². The lowest BCUT2D eigenvalue weighted by Gasteiger charge is -2.24. The summed E-state index contributed by atoms with van der Waals surface area (Å²) in [4.78, 5) is 0. The highest BCUT2D eigenvalue weighted by Crippen LogP contribution is 2.29. The summed E-state index contributed by atoms with van der Waals surface area (Å²) in [6.45, 7) is 4.42. The van der Waals surface area contributed by atoms with Crippen molar-refractivity contribution in [3.05, 3.63) is 67.0 Å². The van der Waals surface area contributed by atoms with E-state index in [1.54, 1.807) is 0 Å². The molecule has 0 aromatic heterocycles. The van der Waals surface area contributed by atoms with Crippen LogP contribution in [0.1, 0.15) is 43.5 Å². The standard InChI is InChI=1S/C17H18Br3N/c1-3-17(12-4-6-13(18)7-5-12)21-11(2)15-9-8-14(19)10-16(15)20/h4-11,17,21H,3H2,1-2H3. The highest BCUT2D eigenvalue weighted by atomic mass is 79.9. The second-order valence-electron chi connectivity index (χ2n) is 5.07. The van der Waals surface area contributed by atoms with Crippen molar-refractivity contribution >= 4 is 47.8 Å². The van der Waals surface area contributed by atoms with Gasteiger partial charge in [-0.15, -0.1) is 0 Å². The number of hydrogen-bond acceptors (Lipinski definition) is 1. The maximum Gasteiger partial charge on any atom is 0.0323 e. The molecule has 4 heteroatoms. The summed E-state index contributed by atoms with van der Waals surface area (Å²) in [7, 11) is 0. The van der Waals surface area contributed by atoms with Gasteiger partial charge in [0.2, 0.25) is 0 Å². The number of benzene rings is 2. The van der Waals surface area contributed by atoms with Crippen LogP contribution in [0.25, 0.3) is 0 Å². The zero-order valence-electron chi connectivity index (χ0n) is 12.0. The fourth-order valence-corrected chi connectivity index (χ4v) is 4.04. The number of nitrogens with one attached hydrogen (secondary N) is 1. The van der Waals surface area contributed by atoms with Gasteiger partial charge in [-0.2, -0.15) is 0 Å². The molecule has 2 unspecified atom stereocenters. The molecule has 0 aliphatic carbocycles. The van der Waals surface area contributed by atoms with Gasteiger partial charge in [-0.25, -0.2) is 0 Å². The Bertz CT molecular complexity index is 595. The van der Waals surface area contributed by atoms with Crippen LogP contribution in [-0.4, -0.2) is 0 Å². The molecule has 2 aromatic carbocycles. The number of halogens is 3. The van der Waals surface area contributed by atoms with Crippen molar-refractivity contribution in [1.82, 2.24) is 5.32 Å². The highest BCUT2D eigenvalue weighted by molar-refractivity contribution is 9.11. The van der Waals surface area contributed by atoms with Crippen molar-refractivity contribution < 1.29 is 0 Å². The SMILES string of the molecule is CCC(NC(C)c1ccc(Br)cc1Br)c1ccc(Br)cc1. The lowest BCUT2D eigenvalue weighted by molar-refractivity contribution is 0.455. The summed E-state index contributed by atoms with van der Waals surface area (Å²) in [6, 6.07) is 15.5. The monoisotopic (exact) mass is 473 g/mol. The Morgan fingerprint density at radius 1 is 0.952 bits per heavy atom. The average molecular weight is 476 g/mol. The van der Waals surface area contributed by atoms with E-state index >= 15 is 0 Å². The van der Waals surface area contributed by atoms with Gasteiger partial charge in [-0.3, -0.25) is 0 Å². The smallest absolute Gasteiger partial charge is 0.0323 e. The molecule has 1 N–H and O–H groups in total. The molecule has 0 bridgehead atoms. The summed E-state index contributed by atoms with van der Waals surface area (Å²) >= 11 is 10.6. The van der Waals surface area contributed by atoms with Gasteiger partial charge in [-0.05, 0) is 48.7 Å². The van der Waals surface area contributed by atoms with Crippen LogP contribution in [0.3, 0.4) is 0 Å². The molecule has 0 spiro atoms. The van der Waals surface area contributed by atoms with Crippen molar-refractivity contribution in [1.29, 1.82) is 0 Å². The molecule has 112 valence electrons. The van der Waals surface area contributed by atoms with E-state index < -0.39 is 0 Å². The van der Waals surface area contributed by atoms with Crippen LogP contribution in [0.4, 0.5) is 0 Å². The average Bonchev–Trinajstić information content (AvgIpc) is 2.45. The predicted molar refractivity (Wildman–Crippen MR) is 101 cm³/mol. The largest absolute Gasteiger partial charge is 0.303 e. The van der Waals surface area contributed by atoms with Crippen LogP contribution in [0, 0.1) is 0 Å². The Morgan fingerprint density at radius 3 is 2.14 bits per heavy atom. The van der Waals surface area contributed by atoms with E-state index in [1.165, 1.54) is 11.1 Å². The fraction of sp³-hybridized carbons (Fsp3) is 0.294. The first-order valence-electron chi connectivity index (χ1n) is 6.97.